The van der Waals surface area contributed by atoms with Crippen molar-refractivity contribution in [3.05, 3.63) is 23.8 Å². The second-order valence-corrected chi connectivity index (χ2v) is 4.59. The van der Waals surface area contributed by atoms with Crippen molar-refractivity contribution < 1.29 is 4.74 Å². The molecule has 2 heteroatoms. The monoisotopic (exact) mass is 189 g/mol. The standard InChI is InChI=1S/C12H15NO/c1-9-3-2-4-10-11(9)13-7-12(5-6-12)8-14-10/h2-4,13H,5-8H2,1H3. The Labute approximate surface area is 84.3 Å². The van der Waals surface area contributed by atoms with Crippen molar-refractivity contribution in [1.82, 2.24) is 0 Å². The van der Waals surface area contributed by atoms with Crippen LogP contribution in [-0.4, -0.2) is 13.2 Å². The Morgan fingerprint density at radius 1 is 1.36 bits per heavy atom. The van der Waals surface area contributed by atoms with Crippen molar-refractivity contribution in [3.63, 3.8) is 0 Å². The van der Waals surface area contributed by atoms with Gasteiger partial charge < -0.3 is 10.1 Å². The third kappa shape index (κ3) is 1.17. The van der Waals surface area contributed by atoms with Crippen LogP contribution in [0.2, 0.25) is 0 Å². The summed E-state index contributed by atoms with van der Waals surface area (Å²) in [5, 5.41) is 3.52. The Morgan fingerprint density at radius 2 is 2.21 bits per heavy atom. The Kier molecular flexibility index (Phi) is 1.55. The van der Waals surface area contributed by atoms with Crippen LogP contribution in [0.4, 0.5) is 5.69 Å². The topological polar surface area (TPSA) is 21.3 Å². The summed E-state index contributed by atoms with van der Waals surface area (Å²) in [6.45, 7) is 4.08. The van der Waals surface area contributed by atoms with Gasteiger partial charge in [-0.2, -0.15) is 0 Å². The lowest BCUT2D eigenvalue weighted by molar-refractivity contribution is 0.251. The predicted octanol–water partition coefficient (Wildman–Crippen LogP) is 2.58. The molecule has 3 rings (SSSR count). The largest absolute Gasteiger partial charge is 0.491 e. The van der Waals surface area contributed by atoms with E-state index < -0.39 is 0 Å². The van der Waals surface area contributed by atoms with Crippen molar-refractivity contribution in [3.8, 4) is 5.75 Å². The number of nitrogens with one attached hydrogen (secondary N) is 1. The van der Waals surface area contributed by atoms with Crippen LogP contribution < -0.4 is 10.1 Å². The van der Waals surface area contributed by atoms with Crippen LogP contribution in [0.5, 0.6) is 5.75 Å². The van der Waals surface area contributed by atoms with E-state index in [4.69, 9.17) is 4.74 Å². The van der Waals surface area contributed by atoms with Crippen LogP contribution in [0.1, 0.15) is 18.4 Å². The zero-order valence-corrected chi connectivity index (χ0v) is 8.47. The molecule has 1 aromatic carbocycles. The molecule has 14 heavy (non-hydrogen) atoms. The van der Waals surface area contributed by atoms with Gasteiger partial charge in [0.25, 0.3) is 0 Å². The Morgan fingerprint density at radius 3 is 3.00 bits per heavy atom. The molecule has 0 unspecified atom stereocenters. The fraction of sp³-hybridized carbons (Fsp3) is 0.500. The molecule has 1 aliphatic carbocycles. The summed E-state index contributed by atoms with van der Waals surface area (Å²) in [4.78, 5) is 0. The molecule has 2 aliphatic rings. The zero-order chi connectivity index (χ0) is 9.60. The highest BCUT2D eigenvalue weighted by Crippen LogP contribution is 2.48. The smallest absolute Gasteiger partial charge is 0.142 e. The number of hydrogen-bond donors (Lipinski definition) is 1. The minimum atomic E-state index is 0.450. The fourth-order valence-corrected chi connectivity index (χ4v) is 2.04. The SMILES string of the molecule is Cc1cccc2c1NCC1(CC1)CO2. The molecular weight excluding hydrogens is 174 g/mol. The van der Waals surface area contributed by atoms with Crippen LogP contribution in [0, 0.1) is 12.3 Å². The average molecular weight is 189 g/mol. The third-order valence-corrected chi connectivity index (χ3v) is 3.37. The molecule has 1 saturated carbocycles. The molecule has 1 aliphatic heterocycles. The van der Waals surface area contributed by atoms with Crippen molar-refractivity contribution in [1.29, 1.82) is 0 Å². The first-order chi connectivity index (χ1) is 6.79. The number of fused-ring (bicyclic) bond motifs is 1. The quantitative estimate of drug-likeness (QED) is 0.677. The van der Waals surface area contributed by atoms with Gasteiger partial charge in [0.05, 0.1) is 12.3 Å². The minimum Gasteiger partial charge on any atom is -0.491 e. The maximum atomic E-state index is 5.84. The molecule has 1 aromatic rings. The van der Waals surface area contributed by atoms with E-state index in [-0.39, 0.29) is 0 Å². The molecule has 0 amide bonds. The van der Waals surface area contributed by atoms with Gasteiger partial charge in [0.1, 0.15) is 5.75 Å². The number of rotatable bonds is 0. The summed E-state index contributed by atoms with van der Waals surface area (Å²) in [5.74, 6) is 1.02. The maximum absolute atomic E-state index is 5.84. The fourth-order valence-electron chi connectivity index (χ4n) is 2.04. The van der Waals surface area contributed by atoms with E-state index in [2.05, 4.69) is 30.4 Å². The minimum absolute atomic E-state index is 0.450. The van der Waals surface area contributed by atoms with Crippen molar-refractivity contribution >= 4 is 5.69 Å². The molecule has 0 bridgehead atoms. The number of ether oxygens (including phenoxy) is 1. The summed E-state index contributed by atoms with van der Waals surface area (Å²) in [6.07, 6.45) is 2.63. The summed E-state index contributed by atoms with van der Waals surface area (Å²) < 4.78 is 5.84. The molecule has 1 spiro atoms. The van der Waals surface area contributed by atoms with Gasteiger partial charge in [0, 0.05) is 12.0 Å². The second-order valence-electron chi connectivity index (χ2n) is 4.59. The Bertz CT molecular complexity index is 369. The van der Waals surface area contributed by atoms with Gasteiger partial charge in [-0.25, -0.2) is 0 Å². The van der Waals surface area contributed by atoms with E-state index in [0.29, 0.717) is 5.41 Å². The van der Waals surface area contributed by atoms with Crippen molar-refractivity contribution in [2.75, 3.05) is 18.5 Å². The van der Waals surface area contributed by atoms with E-state index in [9.17, 15) is 0 Å². The highest BCUT2D eigenvalue weighted by atomic mass is 16.5. The van der Waals surface area contributed by atoms with Crippen molar-refractivity contribution in [2.24, 2.45) is 5.41 Å². The second kappa shape index (κ2) is 2.66. The van der Waals surface area contributed by atoms with Gasteiger partial charge >= 0.3 is 0 Å². The highest BCUT2D eigenvalue weighted by Gasteiger charge is 2.44. The third-order valence-electron chi connectivity index (χ3n) is 3.37. The molecule has 0 aromatic heterocycles. The lowest BCUT2D eigenvalue weighted by atomic mass is 10.1. The van der Waals surface area contributed by atoms with E-state index in [0.717, 1.165) is 18.9 Å². The van der Waals surface area contributed by atoms with E-state index in [1.807, 2.05) is 0 Å². The summed E-state index contributed by atoms with van der Waals surface area (Å²) >= 11 is 0. The Hall–Kier alpha value is -1.18. The van der Waals surface area contributed by atoms with Gasteiger partial charge in [-0.05, 0) is 31.4 Å². The molecular formula is C12H15NO. The lowest BCUT2D eigenvalue weighted by Crippen LogP contribution is -2.18. The highest BCUT2D eigenvalue weighted by molar-refractivity contribution is 5.62. The first-order valence-electron chi connectivity index (χ1n) is 5.25. The molecule has 2 nitrogen and oxygen atoms in total. The summed E-state index contributed by atoms with van der Waals surface area (Å²) in [7, 11) is 0. The van der Waals surface area contributed by atoms with Crippen LogP contribution in [0.3, 0.4) is 0 Å². The molecule has 0 radical (unpaired) electrons. The predicted molar refractivity (Wildman–Crippen MR) is 56.8 cm³/mol. The van der Waals surface area contributed by atoms with Crippen LogP contribution >= 0.6 is 0 Å². The Balaban J connectivity index is 1.96. The number of para-hydroxylation sites is 1. The molecule has 1 N–H and O–H groups in total. The van der Waals surface area contributed by atoms with Crippen LogP contribution in [-0.2, 0) is 0 Å². The normalized spacial score (nSPS) is 21.8. The van der Waals surface area contributed by atoms with Gasteiger partial charge in [0.2, 0.25) is 0 Å². The number of hydrogen-bond acceptors (Lipinski definition) is 2. The number of anilines is 1. The molecule has 74 valence electrons. The molecule has 1 fully saturated rings. The average Bonchev–Trinajstić information content (AvgIpc) is 2.96. The number of benzene rings is 1. The first kappa shape index (κ1) is 8.16. The van der Waals surface area contributed by atoms with Gasteiger partial charge in [-0.3, -0.25) is 0 Å². The van der Waals surface area contributed by atoms with Gasteiger partial charge in [0.15, 0.2) is 0 Å². The summed E-state index contributed by atoms with van der Waals surface area (Å²) in [5.41, 5.74) is 2.92. The van der Waals surface area contributed by atoms with E-state index >= 15 is 0 Å². The first-order valence-corrected chi connectivity index (χ1v) is 5.25. The van der Waals surface area contributed by atoms with E-state index in [1.54, 1.807) is 0 Å². The molecule has 0 atom stereocenters. The van der Waals surface area contributed by atoms with Gasteiger partial charge in [-0.15, -0.1) is 0 Å². The van der Waals surface area contributed by atoms with Crippen LogP contribution in [0.15, 0.2) is 18.2 Å². The van der Waals surface area contributed by atoms with Crippen LogP contribution in [0.25, 0.3) is 0 Å². The zero-order valence-electron chi connectivity index (χ0n) is 8.47. The molecule has 1 heterocycles. The lowest BCUT2D eigenvalue weighted by Gasteiger charge is -2.10. The van der Waals surface area contributed by atoms with E-state index in [1.165, 1.54) is 24.1 Å². The van der Waals surface area contributed by atoms with Gasteiger partial charge in [-0.1, -0.05) is 12.1 Å². The maximum Gasteiger partial charge on any atom is 0.142 e. The number of aryl methyl sites for hydroxylation is 1. The summed E-state index contributed by atoms with van der Waals surface area (Å²) in [6, 6.07) is 6.23. The molecule has 0 saturated heterocycles. The van der Waals surface area contributed by atoms with Crippen molar-refractivity contribution in [2.45, 2.75) is 19.8 Å².